The van der Waals surface area contributed by atoms with Crippen molar-refractivity contribution in [1.29, 1.82) is 5.26 Å². The van der Waals surface area contributed by atoms with Crippen molar-refractivity contribution < 1.29 is 46.4 Å². The highest BCUT2D eigenvalue weighted by Crippen LogP contribution is 2.66. The van der Waals surface area contributed by atoms with E-state index in [0.717, 1.165) is 0 Å². The van der Waals surface area contributed by atoms with Gasteiger partial charge in [-0.2, -0.15) is 13.9 Å². The molecule has 19 heteroatoms. The quantitative estimate of drug-likeness (QED) is 0.248. The molecule has 1 aliphatic rings. The van der Waals surface area contributed by atoms with Crippen molar-refractivity contribution in [1.82, 2.24) is 19.5 Å². The zero-order chi connectivity index (χ0) is 23.2. The fourth-order valence-electron chi connectivity index (χ4n) is 3.06. The molecule has 31 heavy (non-hydrogen) atoms. The van der Waals surface area contributed by atoms with Gasteiger partial charge >= 0.3 is 23.5 Å². The maximum absolute atomic E-state index is 11.9. The van der Waals surface area contributed by atoms with Crippen LogP contribution in [0.25, 0.3) is 11.2 Å². The Labute approximate surface area is 173 Å². The highest BCUT2D eigenvalue weighted by molar-refractivity contribution is 7.66. The summed E-state index contributed by atoms with van der Waals surface area (Å²) in [5.41, 5.74) is 6.77. The average Bonchev–Trinajstić information content (AvgIpc) is 3.01. The summed E-state index contributed by atoms with van der Waals surface area (Å²) in [7, 11) is -16.4. The van der Waals surface area contributed by atoms with Crippen LogP contribution in [0.4, 0.5) is 5.82 Å². The van der Waals surface area contributed by atoms with Gasteiger partial charge in [-0.05, 0) is 5.57 Å². The number of aromatic nitrogens is 4. The Morgan fingerprint density at radius 1 is 1.16 bits per heavy atom. The van der Waals surface area contributed by atoms with Gasteiger partial charge in [-0.3, -0.25) is 4.52 Å². The second-order valence-corrected chi connectivity index (χ2v) is 10.7. The molecule has 1 fully saturated rings. The largest absolute Gasteiger partial charge is 0.490 e. The van der Waals surface area contributed by atoms with Crippen molar-refractivity contribution in [2.45, 2.75) is 6.04 Å². The van der Waals surface area contributed by atoms with Gasteiger partial charge in [-0.15, -0.1) is 0 Å². The number of hydrogen-bond donors (Lipinski definition) is 5. The van der Waals surface area contributed by atoms with Crippen LogP contribution >= 0.6 is 23.5 Å². The third kappa shape index (κ3) is 5.08. The van der Waals surface area contributed by atoms with Crippen LogP contribution in [0.2, 0.25) is 0 Å². The molecule has 2 aromatic heterocycles. The lowest BCUT2D eigenvalue weighted by molar-refractivity contribution is 0.114. The molecule has 6 N–H and O–H groups in total. The van der Waals surface area contributed by atoms with Gasteiger partial charge in [0.25, 0.3) is 0 Å². The van der Waals surface area contributed by atoms with E-state index in [1.165, 1.54) is 17.2 Å². The summed E-state index contributed by atoms with van der Waals surface area (Å²) >= 11 is 0. The van der Waals surface area contributed by atoms with Crippen LogP contribution in [0, 0.1) is 23.2 Å². The number of phosphoric ester groups is 1. The molecule has 0 bridgehead atoms. The van der Waals surface area contributed by atoms with Crippen molar-refractivity contribution in [2.75, 3.05) is 12.3 Å². The third-order valence-electron chi connectivity index (χ3n) is 4.30. The van der Waals surface area contributed by atoms with E-state index in [1.54, 1.807) is 0 Å². The Morgan fingerprint density at radius 3 is 2.45 bits per heavy atom. The summed E-state index contributed by atoms with van der Waals surface area (Å²) in [6.07, 6.45) is 2.60. The number of phosphoric acid groups is 3. The van der Waals surface area contributed by atoms with E-state index in [2.05, 4.69) is 34.7 Å². The van der Waals surface area contributed by atoms with Crippen LogP contribution in [-0.2, 0) is 26.8 Å². The fraction of sp³-hybridized carbons (Fsp3) is 0.333. The van der Waals surface area contributed by atoms with E-state index in [0.29, 0.717) is 16.7 Å². The summed E-state index contributed by atoms with van der Waals surface area (Å²) in [6.45, 7) is 3.19. The van der Waals surface area contributed by atoms with Gasteiger partial charge < -0.3 is 29.9 Å². The first-order chi connectivity index (χ1) is 14.2. The summed E-state index contributed by atoms with van der Waals surface area (Å²) in [6, 6.07) is 1.38. The van der Waals surface area contributed by atoms with Gasteiger partial charge in [0.1, 0.15) is 11.8 Å². The Bertz CT molecular complexity index is 1220. The van der Waals surface area contributed by atoms with Crippen molar-refractivity contribution in [3.8, 4) is 6.07 Å². The molecule has 3 unspecified atom stereocenters. The number of nitrogens with two attached hydrogens (primary N) is 1. The van der Waals surface area contributed by atoms with Crippen molar-refractivity contribution >= 4 is 40.4 Å². The van der Waals surface area contributed by atoms with Gasteiger partial charge in [-0.25, -0.2) is 28.6 Å². The molecule has 168 valence electrons. The van der Waals surface area contributed by atoms with E-state index in [9.17, 15) is 23.9 Å². The highest BCUT2D eigenvalue weighted by atomic mass is 31.3. The Balaban J connectivity index is 1.71. The Hall–Kier alpha value is -2.01. The molecule has 0 spiro atoms. The standard InChI is InChI=1S/C12H15N6O10P3/c1-6-8(3-26-30(22,23)28-31(24,25)27-29(19,20)21)7(2-13)10(6)18-5-17-9-11(14)15-4-16-12(9)18/h4-5,7-8,10H,1,3H2,(H,22,23)(H,24,25)(H2,14,15,16)(H2,19,20,21)/t7?,8-,10+/m0/s1. The first kappa shape index (κ1) is 23.6. The molecule has 16 nitrogen and oxygen atoms in total. The molecule has 0 aromatic carbocycles. The summed E-state index contributed by atoms with van der Waals surface area (Å²) in [5, 5.41) is 9.52. The molecule has 0 amide bonds. The topological polar surface area (TPSA) is 253 Å². The fourth-order valence-corrected chi connectivity index (χ4v) is 6.10. The second-order valence-electron chi connectivity index (χ2n) is 6.25. The zero-order valence-electron chi connectivity index (χ0n) is 15.2. The Kier molecular flexibility index (Phi) is 6.22. The first-order valence-electron chi connectivity index (χ1n) is 8.04. The van der Waals surface area contributed by atoms with Gasteiger partial charge in [0.15, 0.2) is 11.5 Å². The molecule has 0 saturated heterocycles. The molecule has 2 heterocycles. The van der Waals surface area contributed by atoms with Crippen LogP contribution in [-0.4, -0.2) is 45.7 Å². The molecule has 1 aliphatic carbocycles. The van der Waals surface area contributed by atoms with Crippen LogP contribution in [0.15, 0.2) is 24.8 Å². The number of nitriles is 1. The van der Waals surface area contributed by atoms with Crippen molar-refractivity contribution in [2.24, 2.45) is 11.8 Å². The molecular formula is C12H15N6O10P3. The lowest BCUT2D eigenvalue weighted by Gasteiger charge is -2.43. The number of anilines is 1. The smallest absolute Gasteiger partial charge is 0.382 e. The van der Waals surface area contributed by atoms with E-state index < -0.39 is 48.0 Å². The molecule has 2 aromatic rings. The number of rotatable bonds is 8. The monoisotopic (exact) mass is 496 g/mol. The van der Waals surface area contributed by atoms with Crippen molar-refractivity contribution in [3.05, 3.63) is 24.8 Å². The highest BCUT2D eigenvalue weighted by Gasteiger charge is 2.49. The lowest BCUT2D eigenvalue weighted by atomic mass is 9.66. The van der Waals surface area contributed by atoms with E-state index in [1.807, 2.05) is 6.07 Å². The maximum atomic E-state index is 11.9. The van der Waals surface area contributed by atoms with Gasteiger partial charge in [0, 0.05) is 5.92 Å². The third-order valence-corrected chi connectivity index (χ3v) is 8.10. The predicted octanol–water partition coefficient (Wildman–Crippen LogP) is 0.619. The zero-order valence-corrected chi connectivity index (χ0v) is 17.9. The van der Waals surface area contributed by atoms with Gasteiger partial charge in [-0.1, -0.05) is 6.58 Å². The van der Waals surface area contributed by atoms with Crippen LogP contribution < -0.4 is 5.73 Å². The second kappa shape index (κ2) is 8.16. The van der Waals surface area contributed by atoms with E-state index in [4.69, 9.17) is 20.4 Å². The summed E-state index contributed by atoms with van der Waals surface area (Å²) in [5.74, 6) is -1.49. The van der Waals surface area contributed by atoms with Crippen molar-refractivity contribution in [3.63, 3.8) is 0 Å². The van der Waals surface area contributed by atoms with Gasteiger partial charge in [0.05, 0.1) is 31.0 Å². The Morgan fingerprint density at radius 2 is 1.84 bits per heavy atom. The molecular weight excluding hydrogens is 481 g/mol. The summed E-state index contributed by atoms with van der Waals surface area (Å²) < 4.78 is 47.3. The first-order valence-corrected chi connectivity index (χ1v) is 12.6. The lowest BCUT2D eigenvalue weighted by Crippen LogP contribution is -2.42. The molecule has 0 radical (unpaired) electrons. The van der Waals surface area contributed by atoms with Crippen LogP contribution in [0.5, 0.6) is 0 Å². The number of nitrogen functional groups attached to an aromatic ring is 1. The SMILES string of the molecule is C=C1[C@@H](n2cnc3c(N)ncnc32)C(C#N)[C@H]1COP(=O)(O)OP(=O)(O)OP(=O)(O)O. The normalized spacial score (nSPS) is 25.4. The molecule has 0 aliphatic heterocycles. The number of imidazole rings is 1. The minimum absolute atomic E-state index is 0.131. The average molecular weight is 496 g/mol. The molecule has 5 atom stereocenters. The molecule has 1 saturated carbocycles. The minimum atomic E-state index is -5.63. The van der Waals surface area contributed by atoms with Gasteiger partial charge in [0.2, 0.25) is 0 Å². The molecule has 3 rings (SSSR count). The van der Waals surface area contributed by atoms with Crippen LogP contribution in [0.3, 0.4) is 0 Å². The van der Waals surface area contributed by atoms with E-state index >= 15 is 0 Å². The number of fused-ring (bicyclic) bond motifs is 1. The maximum Gasteiger partial charge on any atom is 0.490 e. The van der Waals surface area contributed by atoms with Crippen LogP contribution in [0.1, 0.15) is 6.04 Å². The summed E-state index contributed by atoms with van der Waals surface area (Å²) in [4.78, 5) is 47.8. The van der Waals surface area contributed by atoms with E-state index in [-0.39, 0.29) is 5.82 Å². The number of hydrogen-bond acceptors (Lipinski definition) is 11. The minimum Gasteiger partial charge on any atom is -0.382 e. The number of nitrogens with zero attached hydrogens (tertiary/aromatic N) is 5. The predicted molar refractivity (Wildman–Crippen MR) is 100 cm³/mol.